The molecule has 0 heterocycles. The molecule has 1 atom stereocenters. The van der Waals surface area contributed by atoms with Crippen molar-refractivity contribution in [2.24, 2.45) is 5.92 Å². The molecule has 0 radical (unpaired) electrons. The van der Waals surface area contributed by atoms with Crippen molar-refractivity contribution in [1.82, 2.24) is 4.90 Å². The summed E-state index contributed by atoms with van der Waals surface area (Å²) >= 11 is 6.09. The maximum atomic E-state index is 12.6. The van der Waals surface area contributed by atoms with Crippen LogP contribution in [0, 0.1) is 5.92 Å². The number of rotatable bonds is 34. The highest BCUT2D eigenvalue weighted by molar-refractivity contribution is 6.19. The molecule has 0 fully saturated rings. The zero-order valence-electron chi connectivity index (χ0n) is 31.7. The molecule has 4 heteroatoms. The van der Waals surface area contributed by atoms with Crippen molar-refractivity contribution in [2.45, 2.75) is 200 Å². The predicted molar refractivity (Wildman–Crippen MR) is 207 cm³/mol. The van der Waals surface area contributed by atoms with Crippen molar-refractivity contribution < 1.29 is 9.59 Å². The van der Waals surface area contributed by atoms with E-state index in [1.807, 2.05) is 26.0 Å². The zero-order chi connectivity index (χ0) is 34.4. The Bertz CT molecular complexity index is 684. The lowest BCUT2D eigenvalue weighted by Crippen LogP contribution is -2.20. The molecule has 0 saturated heterocycles. The number of unbranched alkanes of at least 4 members (excludes halogenated alkanes) is 22. The lowest BCUT2D eigenvalue weighted by atomic mass is 9.93. The molecule has 272 valence electrons. The van der Waals surface area contributed by atoms with Gasteiger partial charge in [0.1, 0.15) is 11.6 Å². The molecule has 0 bridgehead atoms. The van der Waals surface area contributed by atoms with E-state index in [1.165, 1.54) is 141 Å². The van der Waals surface area contributed by atoms with Crippen LogP contribution in [0.5, 0.6) is 0 Å². The van der Waals surface area contributed by atoms with E-state index in [1.54, 1.807) is 0 Å². The summed E-state index contributed by atoms with van der Waals surface area (Å²) in [5.74, 6) is 0.415. The molecular formula is C42H80ClNO2. The molecule has 0 aliphatic rings. The molecule has 0 saturated carbocycles. The number of ketones is 2. The highest BCUT2D eigenvalue weighted by Gasteiger charge is 2.20. The zero-order valence-corrected chi connectivity index (χ0v) is 32.5. The van der Waals surface area contributed by atoms with Crippen LogP contribution in [0.25, 0.3) is 0 Å². The van der Waals surface area contributed by atoms with Crippen molar-refractivity contribution >= 4 is 23.2 Å². The van der Waals surface area contributed by atoms with Gasteiger partial charge < -0.3 is 4.90 Å². The first kappa shape index (κ1) is 47.2. The third kappa shape index (κ3) is 41.1. The van der Waals surface area contributed by atoms with E-state index >= 15 is 0 Å². The highest BCUT2D eigenvalue weighted by atomic mass is 35.5. The predicted octanol–water partition coefficient (Wildman–Crippen LogP) is 13.6. The minimum atomic E-state index is -0.279. The van der Waals surface area contributed by atoms with Gasteiger partial charge in [-0.3, -0.25) is 9.59 Å². The Morgan fingerprint density at radius 3 is 1.15 bits per heavy atom. The van der Waals surface area contributed by atoms with Gasteiger partial charge in [-0.25, -0.2) is 0 Å². The third-order valence-electron chi connectivity index (χ3n) is 8.52. The number of hydrogen-bond acceptors (Lipinski definition) is 3. The van der Waals surface area contributed by atoms with Gasteiger partial charge in [-0.1, -0.05) is 141 Å². The average molecular weight is 667 g/mol. The first-order valence-electron chi connectivity index (χ1n) is 19.9. The number of hydrogen-bond donors (Lipinski definition) is 0. The van der Waals surface area contributed by atoms with Gasteiger partial charge in [0.25, 0.3) is 0 Å². The minimum absolute atomic E-state index is 0.195. The Hall–Kier alpha value is -0.930. The SMILES string of the molecule is CCCCCCCC/C=C\CCCCCCCC(=O)CC(CCl)C(=O)CCCCCCC/C=C\CCCCCCCC.CN(C)C. The number of carbonyl (C=O) groups excluding carboxylic acids is 2. The molecule has 46 heavy (non-hydrogen) atoms. The first-order valence-corrected chi connectivity index (χ1v) is 20.4. The number of halogens is 1. The van der Waals surface area contributed by atoms with Gasteiger partial charge >= 0.3 is 0 Å². The molecule has 0 rings (SSSR count). The normalized spacial score (nSPS) is 12.2. The fraction of sp³-hybridized carbons (Fsp3) is 0.857. The Balaban J connectivity index is 0. The molecule has 0 aromatic heterocycles. The average Bonchev–Trinajstić information content (AvgIpc) is 3.03. The van der Waals surface area contributed by atoms with E-state index in [0.717, 1.165) is 25.7 Å². The first-order chi connectivity index (χ1) is 22.4. The number of Topliss-reactive ketones (excluding diaryl/α,β-unsaturated/α-hetero) is 2. The van der Waals surface area contributed by atoms with Crippen LogP contribution in [-0.2, 0) is 9.59 Å². The van der Waals surface area contributed by atoms with E-state index < -0.39 is 0 Å². The largest absolute Gasteiger partial charge is 0.312 e. The van der Waals surface area contributed by atoms with Gasteiger partial charge in [0, 0.05) is 31.1 Å². The molecule has 0 spiro atoms. The van der Waals surface area contributed by atoms with Gasteiger partial charge in [-0.05, 0) is 85.4 Å². The second-order valence-electron chi connectivity index (χ2n) is 14.1. The van der Waals surface area contributed by atoms with E-state index in [0.29, 0.717) is 19.3 Å². The van der Waals surface area contributed by atoms with Crippen molar-refractivity contribution in [1.29, 1.82) is 0 Å². The molecule has 0 aromatic carbocycles. The molecule has 0 N–H and O–H groups in total. The van der Waals surface area contributed by atoms with Crippen LogP contribution in [0.1, 0.15) is 200 Å². The Morgan fingerprint density at radius 2 is 0.804 bits per heavy atom. The van der Waals surface area contributed by atoms with Gasteiger partial charge in [-0.15, -0.1) is 11.6 Å². The maximum absolute atomic E-state index is 12.6. The Morgan fingerprint density at radius 1 is 0.500 bits per heavy atom. The summed E-state index contributed by atoms with van der Waals surface area (Å²) < 4.78 is 0. The van der Waals surface area contributed by atoms with Gasteiger partial charge in [0.05, 0.1) is 0 Å². The standard InChI is InChI=1S/C39H71ClO2.C3H9N/c1-3-5-7-9-11-13-15-17-19-21-23-25-27-29-31-33-38(41)35-37(36-40)39(42)34-32-30-28-26-24-22-20-18-16-14-12-10-8-6-4-2;1-4(2)3/h17-20,37H,3-16,21-36H2,1-2H3;1-3H3/b19-17-,20-18-;. The summed E-state index contributed by atoms with van der Waals surface area (Å²) in [6.45, 7) is 4.54. The maximum Gasteiger partial charge on any atom is 0.137 e. The van der Waals surface area contributed by atoms with Crippen LogP contribution in [0.4, 0.5) is 0 Å². The van der Waals surface area contributed by atoms with E-state index in [4.69, 9.17) is 11.6 Å². The summed E-state index contributed by atoms with van der Waals surface area (Å²) in [6, 6.07) is 0. The third-order valence-corrected chi connectivity index (χ3v) is 8.89. The van der Waals surface area contributed by atoms with Gasteiger partial charge in [0.15, 0.2) is 0 Å². The summed E-state index contributed by atoms with van der Waals surface area (Å²) in [5.41, 5.74) is 0. The summed E-state index contributed by atoms with van der Waals surface area (Å²) in [6.07, 6.45) is 43.7. The van der Waals surface area contributed by atoms with Crippen LogP contribution >= 0.6 is 11.6 Å². The molecule has 3 nitrogen and oxygen atoms in total. The van der Waals surface area contributed by atoms with Crippen molar-refractivity contribution in [3.8, 4) is 0 Å². The minimum Gasteiger partial charge on any atom is -0.312 e. The number of carbonyl (C=O) groups is 2. The lowest BCUT2D eigenvalue weighted by molar-refractivity contribution is -0.127. The van der Waals surface area contributed by atoms with Gasteiger partial charge in [-0.2, -0.15) is 0 Å². The second-order valence-corrected chi connectivity index (χ2v) is 14.4. The summed E-state index contributed by atoms with van der Waals surface area (Å²) in [7, 11) is 6.00. The Kier molecular flexibility index (Phi) is 41.3. The molecule has 1 unspecified atom stereocenters. The van der Waals surface area contributed by atoms with Gasteiger partial charge in [0.2, 0.25) is 0 Å². The lowest BCUT2D eigenvalue weighted by Gasteiger charge is -2.12. The topological polar surface area (TPSA) is 37.4 Å². The van der Waals surface area contributed by atoms with Crippen molar-refractivity contribution in [3.05, 3.63) is 24.3 Å². The molecule has 0 aliphatic carbocycles. The Labute approximate surface area is 294 Å². The van der Waals surface area contributed by atoms with Crippen molar-refractivity contribution in [2.75, 3.05) is 27.0 Å². The number of alkyl halides is 1. The highest BCUT2D eigenvalue weighted by Crippen LogP contribution is 2.17. The van der Waals surface area contributed by atoms with E-state index in [2.05, 4.69) is 38.2 Å². The van der Waals surface area contributed by atoms with Crippen LogP contribution in [-0.4, -0.2) is 43.5 Å². The monoisotopic (exact) mass is 666 g/mol. The fourth-order valence-electron chi connectivity index (χ4n) is 5.60. The molecule has 0 aromatic rings. The second kappa shape index (κ2) is 40.2. The molecule has 0 amide bonds. The smallest absolute Gasteiger partial charge is 0.137 e. The summed E-state index contributed by atoms with van der Waals surface area (Å²) in [4.78, 5) is 27.0. The number of allylic oxidation sites excluding steroid dienone is 4. The summed E-state index contributed by atoms with van der Waals surface area (Å²) in [5, 5.41) is 0. The van der Waals surface area contributed by atoms with Crippen LogP contribution in [0.15, 0.2) is 24.3 Å². The van der Waals surface area contributed by atoms with E-state index in [9.17, 15) is 9.59 Å². The fourth-order valence-corrected chi connectivity index (χ4v) is 5.88. The van der Waals surface area contributed by atoms with Crippen LogP contribution in [0.3, 0.4) is 0 Å². The van der Waals surface area contributed by atoms with Crippen molar-refractivity contribution in [3.63, 3.8) is 0 Å². The number of nitrogens with zero attached hydrogens (tertiary/aromatic N) is 1. The molecular weight excluding hydrogens is 586 g/mol. The van der Waals surface area contributed by atoms with Crippen LogP contribution < -0.4 is 0 Å². The van der Waals surface area contributed by atoms with E-state index in [-0.39, 0.29) is 23.4 Å². The quantitative estimate of drug-likeness (QED) is 0.0390. The van der Waals surface area contributed by atoms with Crippen LogP contribution in [0.2, 0.25) is 0 Å². The molecule has 0 aliphatic heterocycles.